The van der Waals surface area contributed by atoms with Crippen LogP contribution in [0.15, 0.2) is 48.6 Å². The van der Waals surface area contributed by atoms with E-state index in [1.54, 1.807) is 26.4 Å². The summed E-state index contributed by atoms with van der Waals surface area (Å²) in [4.78, 5) is 15.4. The Morgan fingerprint density at radius 2 is 2.03 bits per heavy atom. The molecular formula is C25H25NO6. The van der Waals surface area contributed by atoms with Crippen molar-refractivity contribution in [2.75, 3.05) is 27.6 Å². The van der Waals surface area contributed by atoms with Crippen molar-refractivity contribution in [1.29, 1.82) is 0 Å². The quantitative estimate of drug-likeness (QED) is 0.540. The van der Waals surface area contributed by atoms with E-state index < -0.39 is 5.41 Å². The van der Waals surface area contributed by atoms with Gasteiger partial charge in [0, 0.05) is 31.8 Å². The molecule has 2 aromatic rings. The average molecular weight is 435 g/mol. The molecule has 0 spiro atoms. The summed E-state index contributed by atoms with van der Waals surface area (Å²) < 4.78 is 29.1. The monoisotopic (exact) mass is 435 g/mol. The topological polar surface area (TPSA) is 66.5 Å². The van der Waals surface area contributed by atoms with E-state index in [2.05, 4.69) is 23.1 Å². The molecule has 1 saturated heterocycles. The minimum absolute atomic E-state index is 0.0247. The number of hydrogen-bond donors (Lipinski definition) is 0. The number of nitrogens with zero attached hydrogens (tertiary/aromatic N) is 1. The number of ether oxygens (including phenoxy) is 5. The van der Waals surface area contributed by atoms with Crippen LogP contribution in [0.5, 0.6) is 17.2 Å². The second kappa shape index (κ2) is 7.25. The van der Waals surface area contributed by atoms with E-state index in [9.17, 15) is 4.79 Å². The number of hydrogen-bond acceptors (Lipinski definition) is 7. The van der Waals surface area contributed by atoms with E-state index in [0.29, 0.717) is 35.9 Å². The summed E-state index contributed by atoms with van der Waals surface area (Å²) in [6.45, 7) is 1.49. The van der Waals surface area contributed by atoms with Crippen molar-refractivity contribution in [3.8, 4) is 17.2 Å². The lowest BCUT2D eigenvalue weighted by atomic mass is 9.65. The maximum absolute atomic E-state index is 13.0. The van der Waals surface area contributed by atoms with Crippen LogP contribution in [0.1, 0.15) is 27.9 Å². The smallest absolute Gasteiger partial charge is 0.338 e. The van der Waals surface area contributed by atoms with Crippen LogP contribution in [-0.4, -0.2) is 56.7 Å². The Balaban J connectivity index is 1.49. The van der Waals surface area contributed by atoms with Gasteiger partial charge >= 0.3 is 5.97 Å². The van der Waals surface area contributed by atoms with Crippen LogP contribution in [0.4, 0.5) is 0 Å². The fourth-order valence-electron chi connectivity index (χ4n) is 5.85. The van der Waals surface area contributed by atoms with Gasteiger partial charge in [-0.05, 0) is 30.2 Å². The zero-order valence-electron chi connectivity index (χ0n) is 18.1. The van der Waals surface area contributed by atoms with Gasteiger partial charge in [-0.2, -0.15) is 0 Å². The molecule has 0 aromatic heterocycles. The van der Waals surface area contributed by atoms with Crippen molar-refractivity contribution in [3.63, 3.8) is 0 Å². The third-order valence-corrected chi connectivity index (χ3v) is 7.28. The maximum atomic E-state index is 13.0. The predicted octanol–water partition coefficient (Wildman–Crippen LogP) is 3.06. The average Bonchev–Trinajstić information content (AvgIpc) is 3.38. The second-order valence-corrected chi connectivity index (χ2v) is 8.68. The first-order chi connectivity index (χ1) is 15.7. The first-order valence-electron chi connectivity index (χ1n) is 10.9. The SMILES string of the molecule is COc1c2c(cc3c1OCO3)[C@]13C=C[C@H](OC)C[C@@H]1N(C2)C[C@H]3OC(=O)c1ccccc1. The lowest BCUT2D eigenvalue weighted by Crippen LogP contribution is -2.53. The van der Waals surface area contributed by atoms with Crippen LogP contribution in [-0.2, 0) is 21.4 Å². The van der Waals surface area contributed by atoms with Crippen LogP contribution in [0, 0.1) is 0 Å². The van der Waals surface area contributed by atoms with Gasteiger partial charge < -0.3 is 23.7 Å². The molecule has 0 saturated carbocycles. The minimum atomic E-state index is -0.513. The highest BCUT2D eigenvalue weighted by atomic mass is 16.7. The highest BCUT2D eigenvalue weighted by Gasteiger charge is 2.61. The Kier molecular flexibility index (Phi) is 4.45. The fourth-order valence-corrected chi connectivity index (χ4v) is 5.85. The Morgan fingerprint density at radius 3 is 2.81 bits per heavy atom. The Labute approximate surface area is 186 Å². The number of rotatable bonds is 4. The molecule has 3 aliphatic heterocycles. The summed E-state index contributed by atoms with van der Waals surface area (Å²) >= 11 is 0. The molecule has 3 heterocycles. The van der Waals surface area contributed by atoms with Crippen molar-refractivity contribution in [2.24, 2.45) is 0 Å². The van der Waals surface area contributed by atoms with Gasteiger partial charge in [0.25, 0.3) is 0 Å². The minimum Gasteiger partial charge on any atom is -0.492 e. The zero-order valence-corrected chi connectivity index (χ0v) is 18.1. The molecule has 2 bridgehead atoms. The summed E-state index contributed by atoms with van der Waals surface area (Å²) in [5.74, 6) is 1.71. The zero-order chi connectivity index (χ0) is 21.9. The van der Waals surface area contributed by atoms with E-state index in [0.717, 1.165) is 17.5 Å². The fraction of sp³-hybridized carbons (Fsp3) is 0.400. The lowest BCUT2D eigenvalue weighted by Gasteiger charge is -2.46. The van der Waals surface area contributed by atoms with Crippen molar-refractivity contribution in [3.05, 3.63) is 65.2 Å². The molecular weight excluding hydrogens is 410 g/mol. The molecule has 1 aliphatic carbocycles. The predicted molar refractivity (Wildman–Crippen MR) is 115 cm³/mol. The molecule has 7 nitrogen and oxygen atoms in total. The first kappa shape index (κ1) is 19.6. The number of carbonyl (C=O) groups excluding carboxylic acids is 1. The number of benzene rings is 2. The van der Waals surface area contributed by atoms with E-state index in [4.69, 9.17) is 23.7 Å². The van der Waals surface area contributed by atoms with E-state index in [1.807, 2.05) is 18.2 Å². The van der Waals surface area contributed by atoms with Gasteiger partial charge in [0.05, 0.1) is 24.2 Å². The molecule has 1 fully saturated rings. The summed E-state index contributed by atoms with van der Waals surface area (Å²) in [5.41, 5.74) is 2.18. The molecule has 0 N–H and O–H groups in total. The second-order valence-electron chi connectivity index (χ2n) is 8.68. The van der Waals surface area contributed by atoms with Crippen LogP contribution < -0.4 is 14.2 Å². The number of esters is 1. The summed E-state index contributed by atoms with van der Waals surface area (Å²) in [6, 6.07) is 11.3. The molecule has 2 aromatic carbocycles. The number of fused-ring (bicyclic) bond motifs is 2. The molecule has 4 aliphatic rings. The summed E-state index contributed by atoms with van der Waals surface area (Å²) in [7, 11) is 3.39. The van der Waals surface area contributed by atoms with Gasteiger partial charge in [0.15, 0.2) is 11.5 Å². The Morgan fingerprint density at radius 1 is 1.19 bits per heavy atom. The van der Waals surface area contributed by atoms with Gasteiger partial charge in [0.2, 0.25) is 12.5 Å². The standard InChI is InChI=1S/C25H25NO6/c1-28-16-8-9-25-18-11-19-23(31-14-30-19)22(29-2)17(18)12-26(20(25)10-16)13-21(25)32-24(27)15-6-4-3-5-7-15/h3-9,11,16,20-21H,10,12-14H2,1-2H3/t16-,20-,21+,25+/m0/s1. The molecule has 7 heteroatoms. The van der Waals surface area contributed by atoms with Crippen molar-refractivity contribution in [1.82, 2.24) is 4.90 Å². The van der Waals surface area contributed by atoms with Crippen LogP contribution >= 0.6 is 0 Å². The molecule has 1 unspecified atom stereocenters. The molecule has 6 rings (SSSR count). The normalized spacial score (nSPS) is 31.1. The molecule has 0 amide bonds. The molecule has 166 valence electrons. The van der Waals surface area contributed by atoms with E-state index in [1.165, 1.54) is 0 Å². The molecule has 32 heavy (non-hydrogen) atoms. The highest BCUT2D eigenvalue weighted by molar-refractivity contribution is 5.89. The highest BCUT2D eigenvalue weighted by Crippen LogP contribution is 2.57. The molecule has 5 atom stereocenters. The van der Waals surface area contributed by atoms with Gasteiger partial charge in [-0.25, -0.2) is 4.79 Å². The number of carbonyl (C=O) groups is 1. The molecule has 0 radical (unpaired) electrons. The first-order valence-corrected chi connectivity index (χ1v) is 10.9. The third-order valence-electron chi connectivity index (χ3n) is 7.28. The summed E-state index contributed by atoms with van der Waals surface area (Å²) in [6.07, 6.45) is 4.77. The van der Waals surface area contributed by atoms with Crippen molar-refractivity contribution >= 4 is 5.97 Å². The largest absolute Gasteiger partial charge is 0.492 e. The van der Waals surface area contributed by atoms with E-state index >= 15 is 0 Å². The van der Waals surface area contributed by atoms with Crippen LogP contribution in [0.3, 0.4) is 0 Å². The Hall–Kier alpha value is -3.03. The van der Waals surface area contributed by atoms with Gasteiger partial charge in [-0.1, -0.05) is 30.4 Å². The van der Waals surface area contributed by atoms with Crippen LogP contribution in [0.25, 0.3) is 0 Å². The summed E-state index contributed by atoms with van der Waals surface area (Å²) in [5, 5.41) is 0. The number of methoxy groups -OCH3 is 2. The Bertz CT molecular complexity index is 1100. The van der Waals surface area contributed by atoms with Gasteiger partial charge in [0.1, 0.15) is 6.10 Å². The van der Waals surface area contributed by atoms with Crippen molar-refractivity contribution < 1.29 is 28.5 Å². The van der Waals surface area contributed by atoms with Crippen molar-refractivity contribution in [2.45, 2.75) is 36.6 Å². The van der Waals surface area contributed by atoms with Crippen LogP contribution in [0.2, 0.25) is 0 Å². The lowest BCUT2D eigenvalue weighted by molar-refractivity contribution is 0.0187. The maximum Gasteiger partial charge on any atom is 0.338 e. The van der Waals surface area contributed by atoms with Gasteiger partial charge in [-0.3, -0.25) is 4.90 Å². The van der Waals surface area contributed by atoms with E-state index in [-0.39, 0.29) is 31.0 Å². The third kappa shape index (κ3) is 2.64. The van der Waals surface area contributed by atoms with Gasteiger partial charge in [-0.15, -0.1) is 0 Å².